The standard InChI is InChI=1S/C19H18BrN3O/c1-12-5-4-6-15(9-12)21-11-17-14(3)22-23(19(17)24)16-7-8-18(20)13(2)10-16/h4-11,22H,1-3H3. The van der Waals surface area contributed by atoms with Crippen LogP contribution < -0.4 is 5.56 Å². The molecule has 2 aromatic carbocycles. The maximum Gasteiger partial charge on any atom is 0.280 e. The van der Waals surface area contributed by atoms with E-state index in [4.69, 9.17) is 0 Å². The molecular weight excluding hydrogens is 366 g/mol. The highest BCUT2D eigenvalue weighted by Gasteiger charge is 2.11. The van der Waals surface area contributed by atoms with Crippen molar-refractivity contribution in [3.05, 3.63) is 79.7 Å². The Balaban J connectivity index is 2.00. The minimum Gasteiger partial charge on any atom is -0.295 e. The van der Waals surface area contributed by atoms with Gasteiger partial charge >= 0.3 is 0 Å². The van der Waals surface area contributed by atoms with Crippen molar-refractivity contribution in [3.63, 3.8) is 0 Å². The van der Waals surface area contributed by atoms with Crippen LogP contribution in [0.25, 0.3) is 5.69 Å². The molecule has 0 amide bonds. The zero-order valence-electron chi connectivity index (χ0n) is 13.8. The maximum absolute atomic E-state index is 12.7. The topological polar surface area (TPSA) is 50.1 Å². The first kappa shape index (κ1) is 16.5. The molecule has 3 aromatic rings. The third-order valence-electron chi connectivity index (χ3n) is 3.86. The lowest BCUT2D eigenvalue weighted by Crippen LogP contribution is -2.17. The summed E-state index contributed by atoms with van der Waals surface area (Å²) in [7, 11) is 0. The Morgan fingerprint density at radius 1 is 1.12 bits per heavy atom. The summed E-state index contributed by atoms with van der Waals surface area (Å²) < 4.78 is 2.57. The number of aromatic nitrogens is 2. The quantitative estimate of drug-likeness (QED) is 0.659. The van der Waals surface area contributed by atoms with E-state index in [9.17, 15) is 4.79 Å². The van der Waals surface area contributed by atoms with Crippen molar-refractivity contribution in [2.45, 2.75) is 20.8 Å². The van der Waals surface area contributed by atoms with Crippen molar-refractivity contribution in [2.75, 3.05) is 0 Å². The van der Waals surface area contributed by atoms with E-state index in [-0.39, 0.29) is 5.56 Å². The lowest BCUT2D eigenvalue weighted by atomic mass is 10.2. The summed E-state index contributed by atoms with van der Waals surface area (Å²) in [4.78, 5) is 17.1. The van der Waals surface area contributed by atoms with Crippen LogP contribution >= 0.6 is 15.9 Å². The van der Waals surface area contributed by atoms with Crippen molar-refractivity contribution in [3.8, 4) is 5.69 Å². The Morgan fingerprint density at radius 2 is 1.92 bits per heavy atom. The van der Waals surface area contributed by atoms with Gasteiger partial charge < -0.3 is 0 Å². The lowest BCUT2D eigenvalue weighted by Gasteiger charge is -2.04. The van der Waals surface area contributed by atoms with Crippen LogP contribution in [0, 0.1) is 20.8 Å². The molecule has 24 heavy (non-hydrogen) atoms. The molecule has 0 unspecified atom stereocenters. The molecule has 4 nitrogen and oxygen atoms in total. The van der Waals surface area contributed by atoms with E-state index >= 15 is 0 Å². The Hall–Kier alpha value is -2.40. The molecule has 1 aromatic heterocycles. The molecule has 0 spiro atoms. The average molecular weight is 384 g/mol. The Labute approximate surface area is 149 Å². The second kappa shape index (κ2) is 6.61. The molecule has 1 N–H and O–H groups in total. The predicted molar refractivity (Wildman–Crippen MR) is 102 cm³/mol. The van der Waals surface area contributed by atoms with E-state index in [0.29, 0.717) is 5.56 Å². The molecule has 122 valence electrons. The number of rotatable bonds is 3. The fraction of sp³-hybridized carbons (Fsp3) is 0.158. The number of aliphatic imine (C=N–C) groups is 1. The Bertz CT molecular complexity index is 983. The van der Waals surface area contributed by atoms with Gasteiger partial charge in [-0.25, -0.2) is 4.68 Å². The van der Waals surface area contributed by atoms with Crippen molar-refractivity contribution in [1.29, 1.82) is 0 Å². The van der Waals surface area contributed by atoms with Crippen LogP contribution in [-0.4, -0.2) is 16.0 Å². The normalized spacial score (nSPS) is 11.3. The molecule has 0 saturated heterocycles. The molecule has 3 rings (SSSR count). The maximum atomic E-state index is 12.7. The van der Waals surface area contributed by atoms with Crippen molar-refractivity contribution >= 4 is 27.8 Å². The second-order valence-corrected chi connectivity index (χ2v) is 6.68. The van der Waals surface area contributed by atoms with Crippen molar-refractivity contribution in [2.24, 2.45) is 4.99 Å². The fourth-order valence-corrected chi connectivity index (χ4v) is 2.76. The number of halogens is 1. The van der Waals surface area contributed by atoms with Gasteiger partial charge in [0.2, 0.25) is 0 Å². The van der Waals surface area contributed by atoms with Crippen LogP contribution in [0.15, 0.2) is 56.7 Å². The molecule has 0 bridgehead atoms. The largest absolute Gasteiger partial charge is 0.295 e. The van der Waals surface area contributed by atoms with Gasteiger partial charge in [-0.05, 0) is 62.2 Å². The van der Waals surface area contributed by atoms with Gasteiger partial charge in [0, 0.05) is 16.4 Å². The van der Waals surface area contributed by atoms with E-state index in [1.54, 1.807) is 10.9 Å². The van der Waals surface area contributed by atoms with E-state index in [0.717, 1.165) is 32.7 Å². The summed E-state index contributed by atoms with van der Waals surface area (Å²) in [6.45, 7) is 5.89. The molecule has 0 radical (unpaired) electrons. The first-order valence-corrected chi connectivity index (χ1v) is 8.44. The first-order valence-electron chi connectivity index (χ1n) is 7.64. The van der Waals surface area contributed by atoms with E-state index in [1.165, 1.54) is 0 Å². The molecule has 0 saturated carbocycles. The number of H-pyrrole nitrogens is 1. The number of benzene rings is 2. The van der Waals surface area contributed by atoms with Gasteiger partial charge in [0.15, 0.2) is 0 Å². The van der Waals surface area contributed by atoms with Gasteiger partial charge in [0.25, 0.3) is 5.56 Å². The van der Waals surface area contributed by atoms with Gasteiger partial charge in [-0.3, -0.25) is 14.9 Å². The molecule has 0 aliphatic heterocycles. The number of aromatic amines is 1. The van der Waals surface area contributed by atoms with E-state index in [1.807, 2.05) is 63.2 Å². The van der Waals surface area contributed by atoms with E-state index < -0.39 is 0 Å². The SMILES string of the molecule is Cc1cccc(N=Cc2c(C)[nH]n(-c3ccc(Br)c(C)c3)c2=O)c1. The fourth-order valence-electron chi connectivity index (χ4n) is 2.51. The molecule has 0 aliphatic carbocycles. The Morgan fingerprint density at radius 3 is 2.62 bits per heavy atom. The van der Waals surface area contributed by atoms with Gasteiger partial charge in [-0.2, -0.15) is 0 Å². The summed E-state index contributed by atoms with van der Waals surface area (Å²) >= 11 is 3.48. The predicted octanol–water partition coefficient (Wildman–Crippen LogP) is 4.60. The molecular formula is C19H18BrN3O. The highest BCUT2D eigenvalue weighted by atomic mass is 79.9. The van der Waals surface area contributed by atoms with Crippen LogP contribution in [0.1, 0.15) is 22.4 Å². The molecule has 0 atom stereocenters. The number of hydrogen-bond donors (Lipinski definition) is 1. The van der Waals surface area contributed by atoms with Crippen molar-refractivity contribution < 1.29 is 0 Å². The minimum atomic E-state index is -0.106. The van der Waals surface area contributed by atoms with Crippen molar-refractivity contribution in [1.82, 2.24) is 9.78 Å². The van der Waals surface area contributed by atoms with Crippen LogP contribution in [0.3, 0.4) is 0 Å². The third kappa shape index (κ3) is 3.26. The highest BCUT2D eigenvalue weighted by Crippen LogP contribution is 2.19. The van der Waals surface area contributed by atoms with Crippen LogP contribution in [-0.2, 0) is 0 Å². The number of nitrogens with zero attached hydrogens (tertiary/aromatic N) is 2. The third-order valence-corrected chi connectivity index (χ3v) is 4.75. The molecule has 0 aliphatic rings. The summed E-state index contributed by atoms with van der Waals surface area (Å²) in [6, 6.07) is 13.7. The molecule has 1 heterocycles. The number of hydrogen-bond acceptors (Lipinski definition) is 2. The molecule has 5 heteroatoms. The van der Waals surface area contributed by atoms with Crippen LogP contribution in [0.4, 0.5) is 5.69 Å². The Kier molecular flexibility index (Phi) is 4.53. The second-order valence-electron chi connectivity index (χ2n) is 5.82. The lowest BCUT2D eigenvalue weighted by molar-refractivity contribution is 0.834. The van der Waals surface area contributed by atoms with Crippen LogP contribution in [0.5, 0.6) is 0 Å². The summed E-state index contributed by atoms with van der Waals surface area (Å²) in [5, 5.41) is 3.12. The smallest absolute Gasteiger partial charge is 0.280 e. The zero-order valence-corrected chi connectivity index (χ0v) is 15.4. The van der Waals surface area contributed by atoms with Gasteiger partial charge in [-0.15, -0.1) is 0 Å². The summed E-state index contributed by atoms with van der Waals surface area (Å²) in [6.07, 6.45) is 1.63. The highest BCUT2D eigenvalue weighted by molar-refractivity contribution is 9.10. The van der Waals surface area contributed by atoms with Gasteiger partial charge in [-0.1, -0.05) is 28.1 Å². The van der Waals surface area contributed by atoms with Crippen LogP contribution in [0.2, 0.25) is 0 Å². The minimum absolute atomic E-state index is 0.106. The zero-order chi connectivity index (χ0) is 17.3. The number of aryl methyl sites for hydroxylation is 3. The molecule has 0 fully saturated rings. The summed E-state index contributed by atoms with van der Waals surface area (Å²) in [5.74, 6) is 0. The number of nitrogens with one attached hydrogen (secondary N) is 1. The average Bonchev–Trinajstić information content (AvgIpc) is 2.83. The first-order chi connectivity index (χ1) is 11.5. The van der Waals surface area contributed by atoms with E-state index in [2.05, 4.69) is 26.0 Å². The van der Waals surface area contributed by atoms with Gasteiger partial charge in [0.1, 0.15) is 0 Å². The monoisotopic (exact) mass is 383 g/mol. The summed E-state index contributed by atoms with van der Waals surface area (Å²) in [5.41, 5.74) is 5.10. The van der Waals surface area contributed by atoms with Gasteiger partial charge in [0.05, 0.1) is 16.9 Å².